The molecule has 1 atom stereocenters. The molecule has 0 spiro atoms. The molecule has 0 aliphatic carbocycles. The summed E-state index contributed by atoms with van der Waals surface area (Å²) in [5.74, 6) is -2.56. The van der Waals surface area contributed by atoms with Crippen LogP contribution >= 0.6 is 0 Å². The topological polar surface area (TPSA) is 86.6 Å². The maximum Gasteiger partial charge on any atom is 0.312 e. The first-order chi connectivity index (χ1) is 10.1. The Morgan fingerprint density at radius 3 is 2.24 bits per heavy atom. The second kappa shape index (κ2) is 6.56. The summed E-state index contributed by atoms with van der Waals surface area (Å²) in [5, 5.41) is 21.6. The van der Waals surface area contributed by atoms with Gasteiger partial charge in [-0.15, -0.1) is 0 Å². The second-order valence-corrected chi connectivity index (χ2v) is 4.53. The molecule has 0 radical (unpaired) electrons. The fraction of sp³-hybridized carbons (Fsp3) is 0.125. The summed E-state index contributed by atoms with van der Waals surface area (Å²) >= 11 is 0. The van der Waals surface area contributed by atoms with E-state index in [4.69, 9.17) is 0 Å². The average molecular weight is 285 g/mol. The van der Waals surface area contributed by atoms with E-state index in [9.17, 15) is 19.8 Å². The lowest BCUT2D eigenvalue weighted by atomic mass is 9.98. The highest BCUT2D eigenvalue weighted by atomic mass is 16.4. The van der Waals surface area contributed by atoms with Crippen LogP contribution in [0.25, 0.3) is 0 Å². The lowest BCUT2D eigenvalue weighted by Crippen LogP contribution is -2.31. The summed E-state index contributed by atoms with van der Waals surface area (Å²) in [7, 11) is 0. The summed E-state index contributed by atoms with van der Waals surface area (Å²) < 4.78 is 0. The molecule has 0 saturated carbocycles. The zero-order valence-electron chi connectivity index (χ0n) is 11.2. The number of benzene rings is 2. The highest BCUT2D eigenvalue weighted by Gasteiger charge is 2.23. The third-order valence-corrected chi connectivity index (χ3v) is 3.11. The van der Waals surface area contributed by atoms with Crippen LogP contribution in [0, 0.1) is 0 Å². The standard InChI is InChI=1S/C16H15NO4/c18-14-9-5-4-8-12(14)13(16(20)21)10-17-15(19)11-6-2-1-3-7-11/h1-9,13,18H,10H2,(H,17,19)(H,20,21). The number of carbonyl (C=O) groups excluding carboxylic acids is 1. The van der Waals surface area contributed by atoms with Gasteiger partial charge in [0.2, 0.25) is 0 Å². The Bertz CT molecular complexity index is 640. The largest absolute Gasteiger partial charge is 0.508 e. The number of aliphatic carboxylic acids is 1. The molecule has 5 heteroatoms. The van der Waals surface area contributed by atoms with Gasteiger partial charge in [-0.25, -0.2) is 0 Å². The van der Waals surface area contributed by atoms with E-state index in [0.717, 1.165) is 0 Å². The first-order valence-corrected chi connectivity index (χ1v) is 6.43. The predicted molar refractivity (Wildman–Crippen MR) is 77.3 cm³/mol. The molecule has 0 saturated heterocycles. The van der Waals surface area contributed by atoms with Crippen LogP contribution in [0.4, 0.5) is 0 Å². The van der Waals surface area contributed by atoms with Crippen LogP contribution in [0.3, 0.4) is 0 Å². The van der Waals surface area contributed by atoms with Gasteiger partial charge in [-0.1, -0.05) is 36.4 Å². The van der Waals surface area contributed by atoms with Gasteiger partial charge in [0.05, 0.1) is 0 Å². The van der Waals surface area contributed by atoms with Gasteiger partial charge < -0.3 is 15.5 Å². The molecule has 108 valence electrons. The zero-order chi connectivity index (χ0) is 15.2. The predicted octanol–water partition coefficient (Wildman–Crippen LogP) is 1.99. The van der Waals surface area contributed by atoms with Crippen LogP contribution in [0.1, 0.15) is 21.8 Å². The minimum absolute atomic E-state index is 0.0966. The maximum absolute atomic E-state index is 11.9. The molecule has 1 unspecified atom stereocenters. The monoisotopic (exact) mass is 285 g/mol. The number of carbonyl (C=O) groups is 2. The van der Waals surface area contributed by atoms with Gasteiger partial charge in [0.1, 0.15) is 11.7 Å². The van der Waals surface area contributed by atoms with Crippen LogP contribution in [0.5, 0.6) is 5.75 Å². The number of amides is 1. The first kappa shape index (κ1) is 14.6. The quantitative estimate of drug-likeness (QED) is 0.784. The van der Waals surface area contributed by atoms with Crippen LogP contribution in [0.15, 0.2) is 54.6 Å². The molecular formula is C16H15NO4. The molecule has 2 aromatic carbocycles. The number of aromatic hydroxyl groups is 1. The van der Waals surface area contributed by atoms with E-state index in [1.807, 2.05) is 0 Å². The number of rotatable bonds is 5. The van der Waals surface area contributed by atoms with Crippen molar-refractivity contribution in [3.63, 3.8) is 0 Å². The van der Waals surface area contributed by atoms with E-state index in [2.05, 4.69) is 5.32 Å². The Morgan fingerprint density at radius 2 is 1.62 bits per heavy atom. The molecule has 5 nitrogen and oxygen atoms in total. The van der Waals surface area contributed by atoms with Crippen molar-refractivity contribution >= 4 is 11.9 Å². The molecule has 0 aliphatic heterocycles. The summed E-state index contributed by atoms with van der Waals surface area (Å²) in [6.45, 7) is -0.0966. The first-order valence-electron chi connectivity index (χ1n) is 6.43. The number of hydrogen-bond acceptors (Lipinski definition) is 3. The average Bonchev–Trinajstić information content (AvgIpc) is 2.49. The number of nitrogens with one attached hydrogen (secondary N) is 1. The van der Waals surface area contributed by atoms with E-state index in [-0.39, 0.29) is 23.8 Å². The van der Waals surface area contributed by atoms with E-state index < -0.39 is 11.9 Å². The van der Waals surface area contributed by atoms with Crippen molar-refractivity contribution in [3.05, 3.63) is 65.7 Å². The molecule has 21 heavy (non-hydrogen) atoms. The lowest BCUT2D eigenvalue weighted by Gasteiger charge is -2.15. The summed E-state index contributed by atoms with van der Waals surface area (Å²) in [4.78, 5) is 23.3. The highest BCUT2D eigenvalue weighted by Crippen LogP contribution is 2.25. The van der Waals surface area contributed by atoms with Gasteiger partial charge in [0.15, 0.2) is 0 Å². The number of phenolic OH excluding ortho intramolecular Hbond substituents is 1. The van der Waals surface area contributed by atoms with E-state index >= 15 is 0 Å². The fourth-order valence-corrected chi connectivity index (χ4v) is 2.00. The minimum atomic E-state index is -1.11. The molecule has 2 aromatic rings. The van der Waals surface area contributed by atoms with Crippen molar-refractivity contribution in [2.45, 2.75) is 5.92 Å². The van der Waals surface area contributed by atoms with E-state index in [1.54, 1.807) is 42.5 Å². The van der Waals surface area contributed by atoms with Crippen molar-refractivity contribution in [3.8, 4) is 5.75 Å². The van der Waals surface area contributed by atoms with Gasteiger partial charge >= 0.3 is 5.97 Å². The second-order valence-electron chi connectivity index (χ2n) is 4.53. The van der Waals surface area contributed by atoms with Crippen molar-refractivity contribution in [2.75, 3.05) is 6.54 Å². The smallest absolute Gasteiger partial charge is 0.312 e. The zero-order valence-corrected chi connectivity index (χ0v) is 11.2. The number of carboxylic acid groups (broad SMARTS) is 1. The van der Waals surface area contributed by atoms with Gasteiger partial charge in [-0.2, -0.15) is 0 Å². The van der Waals surface area contributed by atoms with Crippen LogP contribution in [-0.4, -0.2) is 28.6 Å². The SMILES string of the molecule is O=C(NCC(C(=O)O)c1ccccc1O)c1ccccc1. The summed E-state index contributed by atoms with van der Waals surface area (Å²) in [6.07, 6.45) is 0. The van der Waals surface area contributed by atoms with Crippen molar-refractivity contribution in [2.24, 2.45) is 0 Å². The Morgan fingerprint density at radius 1 is 1.00 bits per heavy atom. The van der Waals surface area contributed by atoms with Crippen molar-refractivity contribution in [1.82, 2.24) is 5.32 Å². The summed E-state index contributed by atoms with van der Waals surface area (Å²) in [5.41, 5.74) is 0.734. The molecule has 0 bridgehead atoms. The van der Waals surface area contributed by atoms with E-state index in [1.165, 1.54) is 12.1 Å². The maximum atomic E-state index is 11.9. The third-order valence-electron chi connectivity index (χ3n) is 3.11. The molecule has 0 heterocycles. The Balaban J connectivity index is 2.10. The number of carboxylic acids is 1. The Kier molecular flexibility index (Phi) is 4.56. The lowest BCUT2D eigenvalue weighted by molar-refractivity contribution is -0.138. The third kappa shape index (κ3) is 3.60. The normalized spacial score (nSPS) is 11.6. The highest BCUT2D eigenvalue weighted by molar-refractivity contribution is 5.94. The number of hydrogen-bond donors (Lipinski definition) is 3. The van der Waals surface area contributed by atoms with Crippen LogP contribution in [-0.2, 0) is 4.79 Å². The molecule has 1 amide bonds. The molecule has 3 N–H and O–H groups in total. The van der Waals surface area contributed by atoms with Gasteiger partial charge in [0.25, 0.3) is 5.91 Å². The molecule has 0 fully saturated rings. The Hall–Kier alpha value is -2.82. The molecular weight excluding hydrogens is 270 g/mol. The number of phenols is 1. The van der Waals surface area contributed by atoms with Crippen LogP contribution < -0.4 is 5.32 Å². The molecule has 0 aromatic heterocycles. The van der Waals surface area contributed by atoms with Crippen molar-refractivity contribution in [1.29, 1.82) is 0 Å². The Labute approximate surface area is 121 Å². The number of para-hydroxylation sites is 1. The van der Waals surface area contributed by atoms with Gasteiger partial charge in [-0.05, 0) is 18.2 Å². The van der Waals surface area contributed by atoms with E-state index in [0.29, 0.717) is 5.56 Å². The van der Waals surface area contributed by atoms with Gasteiger partial charge in [-0.3, -0.25) is 9.59 Å². The van der Waals surface area contributed by atoms with Gasteiger partial charge in [0, 0.05) is 17.7 Å². The molecule has 2 rings (SSSR count). The fourth-order valence-electron chi connectivity index (χ4n) is 2.00. The summed E-state index contributed by atoms with van der Waals surface area (Å²) in [6, 6.07) is 14.7. The molecule has 0 aliphatic rings. The minimum Gasteiger partial charge on any atom is -0.508 e. The van der Waals surface area contributed by atoms with Crippen molar-refractivity contribution < 1.29 is 19.8 Å². The van der Waals surface area contributed by atoms with Crippen LogP contribution in [0.2, 0.25) is 0 Å².